The van der Waals surface area contributed by atoms with Crippen molar-refractivity contribution in [2.45, 2.75) is 13.8 Å². The van der Waals surface area contributed by atoms with Crippen molar-refractivity contribution in [2.24, 2.45) is 0 Å². The number of nitrogens with zero attached hydrogens (tertiary/aromatic N) is 2. The van der Waals surface area contributed by atoms with E-state index in [1.54, 1.807) is 4.90 Å². The molecule has 0 atom stereocenters. The van der Waals surface area contributed by atoms with Crippen LogP contribution in [0.15, 0.2) is 128 Å². The Morgan fingerprint density at radius 3 is 1.31 bits per heavy atom. The summed E-state index contributed by atoms with van der Waals surface area (Å²) in [5.74, 6) is -0.679. The molecule has 1 amide bonds. The lowest BCUT2D eigenvalue weighted by Gasteiger charge is -2.26. The molecule has 0 aliphatic carbocycles. The molecular formula is C38H31FN2O. The van der Waals surface area contributed by atoms with Gasteiger partial charge >= 0.3 is 0 Å². The van der Waals surface area contributed by atoms with Crippen LogP contribution in [0.3, 0.4) is 0 Å². The van der Waals surface area contributed by atoms with Crippen LogP contribution in [0.4, 0.5) is 4.39 Å². The van der Waals surface area contributed by atoms with Crippen molar-refractivity contribution in [3.63, 3.8) is 0 Å². The zero-order valence-corrected chi connectivity index (χ0v) is 23.7. The zero-order valence-electron chi connectivity index (χ0n) is 23.7. The van der Waals surface area contributed by atoms with Gasteiger partial charge in [0.15, 0.2) is 0 Å². The number of pyridine rings is 1. The summed E-state index contributed by atoms with van der Waals surface area (Å²) in [4.78, 5) is 20.4. The molecule has 0 saturated heterocycles. The first-order valence-electron chi connectivity index (χ1n) is 14.3. The molecule has 0 spiro atoms. The van der Waals surface area contributed by atoms with Gasteiger partial charge in [0.1, 0.15) is 11.5 Å². The molecule has 0 bridgehead atoms. The third kappa shape index (κ3) is 4.75. The Labute approximate surface area is 245 Å². The minimum Gasteiger partial charge on any atom is -0.338 e. The molecular weight excluding hydrogens is 519 g/mol. The summed E-state index contributed by atoms with van der Waals surface area (Å²) >= 11 is 0. The normalized spacial score (nSPS) is 11.0. The van der Waals surface area contributed by atoms with Gasteiger partial charge in [-0.05, 0) is 47.2 Å². The number of hydrogen-bond donors (Lipinski definition) is 0. The molecule has 5 aromatic carbocycles. The monoisotopic (exact) mass is 550 g/mol. The highest BCUT2D eigenvalue weighted by molar-refractivity contribution is 6.22. The van der Waals surface area contributed by atoms with Crippen LogP contribution in [-0.4, -0.2) is 28.9 Å². The Hall–Kier alpha value is -5.09. The molecule has 42 heavy (non-hydrogen) atoms. The first-order chi connectivity index (χ1) is 20.6. The van der Waals surface area contributed by atoms with Crippen molar-refractivity contribution in [1.82, 2.24) is 9.88 Å². The Balaban J connectivity index is 1.95. The largest absolute Gasteiger partial charge is 0.338 e. The second-order valence-corrected chi connectivity index (χ2v) is 10.1. The number of benzene rings is 5. The minimum absolute atomic E-state index is 0.215. The number of rotatable bonds is 7. The van der Waals surface area contributed by atoms with E-state index in [0.717, 1.165) is 44.5 Å². The highest BCUT2D eigenvalue weighted by atomic mass is 19.1. The molecule has 6 aromatic rings. The fourth-order valence-electron chi connectivity index (χ4n) is 5.87. The summed E-state index contributed by atoms with van der Waals surface area (Å²) in [6.07, 6.45) is 1.21. The SMILES string of the molecule is CCN(CC)C(=O)c1ncc(F)c2c(-c3ccccc3)c(-c3ccccc3)c(-c3ccccc3)c(-c3ccccc3)c12. The Morgan fingerprint density at radius 1 is 0.571 bits per heavy atom. The smallest absolute Gasteiger partial charge is 0.273 e. The van der Waals surface area contributed by atoms with E-state index < -0.39 is 5.82 Å². The maximum Gasteiger partial charge on any atom is 0.273 e. The van der Waals surface area contributed by atoms with Gasteiger partial charge in [0.2, 0.25) is 0 Å². The van der Waals surface area contributed by atoms with Crippen LogP contribution in [-0.2, 0) is 0 Å². The number of halogens is 1. The molecule has 1 heterocycles. The van der Waals surface area contributed by atoms with Gasteiger partial charge in [0.05, 0.1) is 6.20 Å². The first-order valence-corrected chi connectivity index (χ1v) is 14.3. The first kappa shape index (κ1) is 27.1. The van der Waals surface area contributed by atoms with E-state index in [1.165, 1.54) is 6.20 Å². The topological polar surface area (TPSA) is 33.2 Å². The Bertz CT molecular complexity index is 1850. The van der Waals surface area contributed by atoms with Gasteiger partial charge in [0.25, 0.3) is 5.91 Å². The lowest BCUT2D eigenvalue weighted by molar-refractivity contribution is 0.0769. The summed E-state index contributed by atoms with van der Waals surface area (Å²) in [6, 6.07) is 40.1. The van der Waals surface area contributed by atoms with E-state index in [0.29, 0.717) is 23.9 Å². The lowest BCUT2D eigenvalue weighted by Crippen LogP contribution is -2.31. The summed E-state index contributed by atoms with van der Waals surface area (Å²) in [7, 11) is 0. The summed E-state index contributed by atoms with van der Waals surface area (Å²) in [5.41, 5.74) is 7.31. The van der Waals surface area contributed by atoms with Crippen molar-refractivity contribution >= 4 is 16.7 Å². The van der Waals surface area contributed by atoms with Crippen LogP contribution in [0.2, 0.25) is 0 Å². The van der Waals surface area contributed by atoms with E-state index in [-0.39, 0.29) is 11.6 Å². The van der Waals surface area contributed by atoms with Crippen molar-refractivity contribution < 1.29 is 9.18 Å². The van der Waals surface area contributed by atoms with Gasteiger partial charge < -0.3 is 4.90 Å². The number of aromatic nitrogens is 1. The molecule has 0 saturated carbocycles. The fourth-order valence-corrected chi connectivity index (χ4v) is 5.87. The molecule has 0 aliphatic heterocycles. The molecule has 6 rings (SSSR count). The quantitative estimate of drug-likeness (QED) is 0.198. The van der Waals surface area contributed by atoms with E-state index >= 15 is 4.39 Å². The molecule has 206 valence electrons. The standard InChI is InChI=1S/C38H31FN2O/c1-3-41(4-2)38(42)37-36-34(29-23-15-8-16-24-29)32(27-19-11-6-12-20-27)31(26-17-9-5-10-18-26)33(28-21-13-7-14-22-28)35(36)30(39)25-40-37/h5-25H,3-4H2,1-2H3. The minimum atomic E-state index is -0.464. The average Bonchev–Trinajstić information content (AvgIpc) is 3.06. The maximum atomic E-state index is 16.5. The molecule has 0 radical (unpaired) electrons. The van der Waals surface area contributed by atoms with Crippen molar-refractivity contribution in [3.8, 4) is 44.5 Å². The van der Waals surface area contributed by atoms with Crippen molar-refractivity contribution in [1.29, 1.82) is 0 Å². The van der Waals surface area contributed by atoms with Gasteiger partial charge in [-0.15, -0.1) is 0 Å². The van der Waals surface area contributed by atoms with Crippen molar-refractivity contribution in [2.75, 3.05) is 13.1 Å². The lowest BCUT2D eigenvalue weighted by atomic mass is 9.78. The number of amides is 1. The molecule has 0 aliphatic rings. The highest BCUT2D eigenvalue weighted by Gasteiger charge is 2.30. The van der Waals surface area contributed by atoms with Crippen LogP contribution in [0.1, 0.15) is 24.3 Å². The average molecular weight is 551 g/mol. The number of hydrogen-bond acceptors (Lipinski definition) is 2. The number of fused-ring (bicyclic) bond motifs is 1. The Morgan fingerprint density at radius 2 is 0.929 bits per heavy atom. The van der Waals surface area contributed by atoms with E-state index in [2.05, 4.69) is 29.2 Å². The van der Waals surface area contributed by atoms with Crippen LogP contribution < -0.4 is 0 Å². The molecule has 4 heteroatoms. The van der Waals surface area contributed by atoms with Gasteiger partial charge in [-0.1, -0.05) is 121 Å². The summed E-state index contributed by atoms with van der Waals surface area (Å²) in [6.45, 7) is 4.94. The zero-order chi connectivity index (χ0) is 29.1. The van der Waals surface area contributed by atoms with E-state index in [9.17, 15) is 4.79 Å². The van der Waals surface area contributed by atoms with Crippen LogP contribution in [0.5, 0.6) is 0 Å². The number of carbonyl (C=O) groups excluding carboxylic acids is 1. The van der Waals surface area contributed by atoms with Crippen molar-refractivity contribution in [3.05, 3.63) is 139 Å². The predicted molar refractivity (Wildman–Crippen MR) is 171 cm³/mol. The number of carbonyl (C=O) groups is 1. The molecule has 0 unspecified atom stereocenters. The molecule has 0 fully saturated rings. The van der Waals surface area contributed by atoms with E-state index in [1.807, 2.05) is 111 Å². The van der Waals surface area contributed by atoms with Gasteiger partial charge in [0, 0.05) is 35.0 Å². The summed E-state index contributed by atoms with van der Waals surface area (Å²) in [5, 5.41) is 0.916. The third-order valence-corrected chi connectivity index (χ3v) is 7.79. The van der Waals surface area contributed by atoms with Gasteiger partial charge in [-0.25, -0.2) is 9.37 Å². The summed E-state index contributed by atoms with van der Waals surface area (Å²) < 4.78 is 16.5. The van der Waals surface area contributed by atoms with Gasteiger partial charge in [-0.2, -0.15) is 0 Å². The second-order valence-electron chi connectivity index (χ2n) is 10.1. The third-order valence-electron chi connectivity index (χ3n) is 7.79. The highest BCUT2D eigenvalue weighted by Crippen LogP contribution is 2.51. The van der Waals surface area contributed by atoms with Gasteiger partial charge in [-0.3, -0.25) is 4.79 Å². The maximum absolute atomic E-state index is 16.5. The molecule has 3 nitrogen and oxygen atoms in total. The molecule has 1 aromatic heterocycles. The van der Waals surface area contributed by atoms with E-state index in [4.69, 9.17) is 0 Å². The fraction of sp³-hybridized carbons (Fsp3) is 0.105. The van der Waals surface area contributed by atoms with Crippen LogP contribution >= 0.6 is 0 Å². The van der Waals surface area contributed by atoms with Crippen LogP contribution in [0.25, 0.3) is 55.3 Å². The Kier molecular flexibility index (Phi) is 7.61. The van der Waals surface area contributed by atoms with Crippen LogP contribution in [0, 0.1) is 5.82 Å². The predicted octanol–water partition coefficient (Wildman–Crippen LogP) is 9.52. The second kappa shape index (κ2) is 11.8. The molecule has 0 N–H and O–H groups in total.